The van der Waals surface area contributed by atoms with E-state index < -0.39 is 0 Å². The fourth-order valence-corrected chi connectivity index (χ4v) is 1.16. The van der Waals surface area contributed by atoms with Crippen molar-refractivity contribution in [1.82, 2.24) is 4.90 Å². The lowest BCUT2D eigenvalue weighted by molar-refractivity contribution is 0.152. The van der Waals surface area contributed by atoms with E-state index in [9.17, 15) is 4.91 Å². The maximum Gasteiger partial charge on any atom is 0.107 e. The fraction of sp³-hybridized carbons (Fsp3) is 0.273. The molecule has 0 amide bonds. The summed E-state index contributed by atoms with van der Waals surface area (Å²) in [5, 5.41) is 2.74. The van der Waals surface area contributed by atoms with Crippen molar-refractivity contribution in [3.63, 3.8) is 0 Å². The maximum absolute atomic E-state index is 10.1. The minimum Gasteiger partial charge on any atom is -0.367 e. The van der Waals surface area contributed by atoms with Gasteiger partial charge in [0.15, 0.2) is 0 Å². The lowest BCUT2D eigenvalue weighted by atomic mass is 10.3. The summed E-state index contributed by atoms with van der Waals surface area (Å²) in [6.45, 7) is 1.46. The van der Waals surface area contributed by atoms with E-state index in [1.165, 1.54) is 6.20 Å². The number of hydrogen-bond acceptors (Lipinski definition) is 4. The van der Waals surface area contributed by atoms with Gasteiger partial charge in [-0.2, -0.15) is 0 Å². The van der Waals surface area contributed by atoms with E-state index in [0.717, 1.165) is 5.70 Å². The number of hydrogen-bond donors (Lipinski definition) is 0. The molecule has 0 aromatic heterocycles. The largest absolute Gasteiger partial charge is 0.367 e. The Labute approximate surface area is 88.9 Å². The lowest BCUT2D eigenvalue weighted by Gasteiger charge is -2.22. The molecule has 0 N–H and O–H groups in total. The molecule has 0 saturated carbocycles. The van der Waals surface area contributed by atoms with E-state index in [-0.39, 0.29) is 0 Å². The van der Waals surface area contributed by atoms with Crippen molar-refractivity contribution in [1.29, 1.82) is 0 Å². The Kier molecular flexibility index (Phi) is 4.91. The molecule has 1 rings (SSSR count). The summed E-state index contributed by atoms with van der Waals surface area (Å²) in [5.74, 6) is 2.39. The van der Waals surface area contributed by atoms with Gasteiger partial charge in [0, 0.05) is 12.7 Å². The predicted octanol–water partition coefficient (Wildman–Crippen LogP) is 1.63. The molecule has 0 radical (unpaired) electrons. The van der Waals surface area contributed by atoms with E-state index in [2.05, 4.69) is 11.1 Å². The number of terminal acetylenes is 1. The zero-order valence-corrected chi connectivity index (χ0v) is 8.30. The summed E-state index contributed by atoms with van der Waals surface area (Å²) in [6.07, 6.45) is 13.7. The molecular formula is C11H12N2O2. The Morgan fingerprint density at radius 1 is 1.60 bits per heavy atom. The molecule has 0 aromatic carbocycles. The first kappa shape index (κ1) is 11.2. The van der Waals surface area contributed by atoms with Crippen LogP contribution in [0.2, 0.25) is 0 Å². The standard InChI is InChI=1S/C11H12N2O2/c1-2-8-15-9-7-13-6-4-3-5-11(13)10-12-14/h1,3-6,10H,7-9H2/b11-10+. The Bertz CT molecular complexity index is 337. The molecule has 15 heavy (non-hydrogen) atoms. The summed E-state index contributed by atoms with van der Waals surface area (Å²) < 4.78 is 5.14. The second kappa shape index (κ2) is 6.57. The SMILES string of the molecule is C#CCOCCN1C=CC=C/C1=C\N=O. The first-order chi connectivity index (χ1) is 7.38. The Balaban J connectivity index is 2.42. The van der Waals surface area contributed by atoms with E-state index in [0.29, 0.717) is 19.8 Å². The van der Waals surface area contributed by atoms with Gasteiger partial charge >= 0.3 is 0 Å². The van der Waals surface area contributed by atoms with Crippen LogP contribution in [0, 0.1) is 17.3 Å². The van der Waals surface area contributed by atoms with Gasteiger partial charge in [0.1, 0.15) is 6.61 Å². The van der Waals surface area contributed by atoms with Gasteiger partial charge in [0.2, 0.25) is 0 Å². The monoisotopic (exact) mass is 204 g/mol. The highest BCUT2D eigenvalue weighted by Gasteiger charge is 2.05. The van der Waals surface area contributed by atoms with Crippen molar-refractivity contribution in [3.05, 3.63) is 41.2 Å². The summed E-state index contributed by atoms with van der Waals surface area (Å²) >= 11 is 0. The number of nitrogens with zero attached hydrogens (tertiary/aromatic N) is 2. The van der Waals surface area contributed by atoms with Crippen LogP contribution in [-0.4, -0.2) is 24.7 Å². The molecule has 0 unspecified atom stereocenters. The molecule has 1 aliphatic heterocycles. The van der Waals surface area contributed by atoms with Gasteiger partial charge in [-0.25, -0.2) is 0 Å². The molecule has 0 saturated heterocycles. The summed E-state index contributed by atoms with van der Waals surface area (Å²) in [6, 6.07) is 0. The van der Waals surface area contributed by atoms with Crippen molar-refractivity contribution in [2.24, 2.45) is 5.18 Å². The molecule has 0 bridgehead atoms. The number of allylic oxidation sites excluding steroid dienone is 3. The Hall–Kier alpha value is -1.86. The van der Waals surface area contributed by atoms with Crippen molar-refractivity contribution >= 4 is 0 Å². The molecule has 0 spiro atoms. The highest BCUT2D eigenvalue weighted by Crippen LogP contribution is 2.11. The van der Waals surface area contributed by atoms with Crippen LogP contribution in [0.15, 0.2) is 41.5 Å². The quantitative estimate of drug-likeness (QED) is 0.388. The zero-order chi connectivity index (χ0) is 10.9. The van der Waals surface area contributed by atoms with Gasteiger partial charge in [-0.05, 0) is 17.3 Å². The first-order valence-corrected chi connectivity index (χ1v) is 4.54. The van der Waals surface area contributed by atoms with Crippen molar-refractivity contribution < 1.29 is 4.74 Å². The molecule has 1 aliphatic rings. The fourth-order valence-electron chi connectivity index (χ4n) is 1.16. The molecule has 0 aliphatic carbocycles. The summed E-state index contributed by atoms with van der Waals surface area (Å²) in [4.78, 5) is 12.0. The van der Waals surface area contributed by atoms with Gasteiger partial charge < -0.3 is 9.64 Å². The lowest BCUT2D eigenvalue weighted by Crippen LogP contribution is -2.22. The maximum atomic E-state index is 10.1. The van der Waals surface area contributed by atoms with Crippen molar-refractivity contribution in [3.8, 4) is 12.3 Å². The highest BCUT2D eigenvalue weighted by atomic mass is 16.5. The second-order valence-electron chi connectivity index (χ2n) is 2.81. The van der Waals surface area contributed by atoms with Gasteiger partial charge in [-0.15, -0.1) is 11.3 Å². The van der Waals surface area contributed by atoms with E-state index >= 15 is 0 Å². The number of rotatable bonds is 5. The molecule has 0 fully saturated rings. The third-order valence-corrected chi connectivity index (χ3v) is 1.82. The Morgan fingerprint density at radius 2 is 2.47 bits per heavy atom. The van der Waals surface area contributed by atoms with Gasteiger partial charge in [-0.3, -0.25) is 0 Å². The summed E-state index contributed by atoms with van der Waals surface area (Å²) in [5.41, 5.74) is 0.747. The molecule has 4 nitrogen and oxygen atoms in total. The molecule has 0 aromatic rings. The van der Waals surface area contributed by atoms with Crippen LogP contribution >= 0.6 is 0 Å². The van der Waals surface area contributed by atoms with Gasteiger partial charge in [0.25, 0.3) is 0 Å². The summed E-state index contributed by atoms with van der Waals surface area (Å²) in [7, 11) is 0. The molecule has 4 heteroatoms. The van der Waals surface area contributed by atoms with Crippen LogP contribution in [0.4, 0.5) is 0 Å². The average Bonchev–Trinajstić information content (AvgIpc) is 2.27. The zero-order valence-electron chi connectivity index (χ0n) is 8.30. The normalized spacial score (nSPS) is 16.7. The van der Waals surface area contributed by atoms with Crippen LogP contribution < -0.4 is 0 Å². The second-order valence-corrected chi connectivity index (χ2v) is 2.81. The smallest absolute Gasteiger partial charge is 0.107 e. The van der Waals surface area contributed by atoms with Crippen LogP contribution in [0.1, 0.15) is 0 Å². The van der Waals surface area contributed by atoms with Gasteiger partial charge in [-0.1, -0.05) is 12.0 Å². The third kappa shape index (κ3) is 3.79. The van der Waals surface area contributed by atoms with E-state index in [4.69, 9.17) is 11.2 Å². The van der Waals surface area contributed by atoms with Crippen molar-refractivity contribution in [2.45, 2.75) is 0 Å². The van der Waals surface area contributed by atoms with Gasteiger partial charge in [0.05, 0.1) is 18.5 Å². The van der Waals surface area contributed by atoms with Crippen LogP contribution in [0.5, 0.6) is 0 Å². The minimum absolute atomic E-state index is 0.304. The molecular weight excluding hydrogens is 192 g/mol. The Morgan fingerprint density at radius 3 is 3.20 bits per heavy atom. The number of ether oxygens (including phenoxy) is 1. The van der Waals surface area contributed by atoms with E-state index in [1.54, 1.807) is 0 Å². The number of nitroso groups, excluding NO2 is 1. The molecule has 1 heterocycles. The molecule has 0 atom stereocenters. The highest BCUT2D eigenvalue weighted by molar-refractivity contribution is 5.27. The average molecular weight is 204 g/mol. The van der Waals surface area contributed by atoms with E-state index in [1.807, 2.05) is 29.3 Å². The third-order valence-electron chi connectivity index (χ3n) is 1.82. The first-order valence-electron chi connectivity index (χ1n) is 4.54. The van der Waals surface area contributed by atoms with Crippen LogP contribution in [0.3, 0.4) is 0 Å². The van der Waals surface area contributed by atoms with Crippen molar-refractivity contribution in [2.75, 3.05) is 19.8 Å². The molecule has 78 valence electrons. The topological polar surface area (TPSA) is 41.9 Å². The predicted molar refractivity (Wildman–Crippen MR) is 58.5 cm³/mol. The minimum atomic E-state index is 0.304. The van der Waals surface area contributed by atoms with Crippen LogP contribution in [0.25, 0.3) is 0 Å². The van der Waals surface area contributed by atoms with Crippen LogP contribution in [-0.2, 0) is 4.74 Å².